The summed E-state index contributed by atoms with van der Waals surface area (Å²) in [4.78, 5) is 40.5. The van der Waals surface area contributed by atoms with Crippen LogP contribution in [-0.4, -0.2) is 16.7 Å². The molecule has 4 aliphatic rings. The van der Waals surface area contributed by atoms with E-state index in [-0.39, 0.29) is 29.1 Å². The van der Waals surface area contributed by atoms with E-state index >= 15 is 0 Å². The Morgan fingerprint density at radius 1 is 0.879 bits per heavy atom. The third-order valence-electron chi connectivity index (χ3n) is 8.07. The van der Waals surface area contributed by atoms with Gasteiger partial charge in [0.2, 0.25) is 11.8 Å². The lowest BCUT2D eigenvalue weighted by molar-refractivity contribution is -0.384. The number of nitro benzene ring substituents is 1. The number of hydrogen-bond acceptors (Lipinski definition) is 4. The van der Waals surface area contributed by atoms with E-state index in [4.69, 9.17) is 0 Å². The zero-order chi connectivity index (χ0) is 23.2. The normalized spacial score (nSPS) is 26.8. The third kappa shape index (κ3) is 2.28. The molecule has 0 saturated carbocycles. The molecule has 1 saturated heterocycles. The standard InChI is InChI=1S/C27H22N2O4/c1-14-12-20(21(29(32)33)13-15(14)2)28-25(30)23-22-16-8-4-6-10-18(16)27(3,24(23)26(28)31)19-11-7-5-9-17(19)22/h4-13,22-24H,1-3H3/t22?,23-,24-,27?/m0/s1. The smallest absolute Gasteiger partial charge is 0.274 e. The number of rotatable bonds is 2. The number of nitro groups is 1. The number of benzene rings is 3. The molecule has 1 heterocycles. The highest BCUT2D eigenvalue weighted by atomic mass is 16.6. The van der Waals surface area contributed by atoms with Crippen molar-refractivity contribution in [1.82, 2.24) is 0 Å². The van der Waals surface area contributed by atoms with Crippen LogP contribution in [0, 0.1) is 35.8 Å². The fourth-order valence-electron chi connectivity index (χ4n) is 6.50. The molecule has 2 atom stereocenters. The molecule has 6 nitrogen and oxygen atoms in total. The van der Waals surface area contributed by atoms with Crippen LogP contribution >= 0.6 is 0 Å². The summed E-state index contributed by atoms with van der Waals surface area (Å²) in [6, 6.07) is 19.1. The maximum Gasteiger partial charge on any atom is 0.293 e. The van der Waals surface area contributed by atoms with Gasteiger partial charge in [0.15, 0.2) is 0 Å². The summed E-state index contributed by atoms with van der Waals surface area (Å²) in [6.07, 6.45) is 0. The molecule has 6 heteroatoms. The predicted octanol–water partition coefficient (Wildman–Crippen LogP) is 4.78. The number of anilines is 1. The highest BCUT2D eigenvalue weighted by molar-refractivity contribution is 6.24. The van der Waals surface area contributed by atoms with E-state index in [1.165, 1.54) is 6.07 Å². The zero-order valence-electron chi connectivity index (χ0n) is 18.5. The topological polar surface area (TPSA) is 80.5 Å². The van der Waals surface area contributed by atoms with Crippen LogP contribution in [-0.2, 0) is 15.0 Å². The van der Waals surface area contributed by atoms with Gasteiger partial charge in [0.1, 0.15) is 5.69 Å². The van der Waals surface area contributed by atoms with Crippen LogP contribution in [0.5, 0.6) is 0 Å². The second kappa shape index (κ2) is 6.38. The van der Waals surface area contributed by atoms with Crippen molar-refractivity contribution in [2.75, 3.05) is 4.90 Å². The predicted molar refractivity (Wildman–Crippen MR) is 123 cm³/mol. The number of imide groups is 1. The van der Waals surface area contributed by atoms with Gasteiger partial charge >= 0.3 is 0 Å². The Morgan fingerprint density at radius 3 is 2.00 bits per heavy atom. The van der Waals surface area contributed by atoms with Crippen LogP contribution < -0.4 is 4.90 Å². The molecule has 0 N–H and O–H groups in total. The minimum atomic E-state index is -0.692. The molecule has 0 unspecified atom stereocenters. The lowest BCUT2D eigenvalue weighted by atomic mass is 9.48. The van der Waals surface area contributed by atoms with E-state index in [1.54, 1.807) is 13.0 Å². The lowest BCUT2D eigenvalue weighted by Crippen LogP contribution is -2.51. The molecule has 0 radical (unpaired) electrons. The zero-order valence-corrected chi connectivity index (χ0v) is 18.5. The first kappa shape index (κ1) is 19.9. The summed E-state index contributed by atoms with van der Waals surface area (Å²) >= 11 is 0. The minimum Gasteiger partial charge on any atom is -0.274 e. The van der Waals surface area contributed by atoms with Crippen molar-refractivity contribution in [3.63, 3.8) is 0 Å². The van der Waals surface area contributed by atoms with Crippen LogP contribution in [0.25, 0.3) is 0 Å². The minimum absolute atomic E-state index is 0.0728. The van der Waals surface area contributed by atoms with Crippen molar-refractivity contribution in [1.29, 1.82) is 0 Å². The van der Waals surface area contributed by atoms with Gasteiger partial charge in [0.05, 0.1) is 16.8 Å². The van der Waals surface area contributed by atoms with Crippen molar-refractivity contribution < 1.29 is 14.5 Å². The molecular weight excluding hydrogens is 416 g/mol. The van der Waals surface area contributed by atoms with Crippen molar-refractivity contribution in [2.45, 2.75) is 32.1 Å². The molecule has 164 valence electrons. The summed E-state index contributed by atoms with van der Waals surface area (Å²) in [5.41, 5.74) is 4.97. The molecule has 33 heavy (non-hydrogen) atoms. The SMILES string of the molecule is Cc1cc(N2C(=O)[C@@H]3[C@@H](C2=O)C2c4ccccc4C3(C)c3ccccc32)c([N+](=O)[O-])cc1C. The Kier molecular flexibility index (Phi) is 3.84. The summed E-state index contributed by atoms with van der Waals surface area (Å²) < 4.78 is 0. The van der Waals surface area contributed by atoms with Crippen LogP contribution in [0.2, 0.25) is 0 Å². The van der Waals surface area contributed by atoms with Crippen molar-refractivity contribution in [3.05, 3.63) is 104 Å². The Labute approximate surface area is 191 Å². The summed E-state index contributed by atoms with van der Waals surface area (Å²) in [6.45, 7) is 5.66. The lowest BCUT2D eigenvalue weighted by Gasteiger charge is -2.52. The Bertz CT molecular complexity index is 1360. The van der Waals surface area contributed by atoms with Crippen LogP contribution in [0.3, 0.4) is 0 Å². The van der Waals surface area contributed by atoms with Crippen LogP contribution in [0.1, 0.15) is 46.2 Å². The molecule has 0 spiro atoms. The average Bonchev–Trinajstić information content (AvgIpc) is 3.07. The number of amides is 2. The van der Waals surface area contributed by atoms with Gasteiger partial charge in [-0.2, -0.15) is 0 Å². The molecule has 3 aromatic rings. The van der Waals surface area contributed by atoms with Gasteiger partial charge in [-0.25, -0.2) is 4.90 Å². The fourth-order valence-corrected chi connectivity index (χ4v) is 6.50. The maximum absolute atomic E-state index is 14.0. The van der Waals surface area contributed by atoms with Gasteiger partial charge in [0, 0.05) is 17.4 Å². The summed E-state index contributed by atoms with van der Waals surface area (Å²) in [7, 11) is 0. The quantitative estimate of drug-likeness (QED) is 0.328. The largest absolute Gasteiger partial charge is 0.293 e. The van der Waals surface area contributed by atoms with Crippen molar-refractivity contribution >= 4 is 23.2 Å². The molecule has 3 aromatic carbocycles. The number of hydrogen-bond donors (Lipinski definition) is 0. The molecule has 1 fully saturated rings. The van der Waals surface area contributed by atoms with E-state index in [0.29, 0.717) is 0 Å². The van der Waals surface area contributed by atoms with Gasteiger partial charge in [-0.1, -0.05) is 55.5 Å². The first-order valence-corrected chi connectivity index (χ1v) is 11.1. The van der Waals surface area contributed by atoms with Gasteiger partial charge < -0.3 is 0 Å². The fraction of sp³-hybridized carbons (Fsp3) is 0.259. The molecule has 3 aliphatic carbocycles. The second-order valence-electron chi connectivity index (χ2n) is 9.55. The van der Waals surface area contributed by atoms with E-state index in [2.05, 4.69) is 0 Å². The monoisotopic (exact) mass is 438 g/mol. The number of aryl methyl sites for hydroxylation is 2. The molecule has 1 aliphatic heterocycles. The van der Waals surface area contributed by atoms with Gasteiger partial charge in [-0.05, 0) is 53.3 Å². The van der Waals surface area contributed by atoms with Gasteiger partial charge in [-0.15, -0.1) is 0 Å². The van der Waals surface area contributed by atoms with Crippen molar-refractivity contribution in [3.8, 4) is 0 Å². The summed E-state index contributed by atoms with van der Waals surface area (Å²) in [5, 5.41) is 11.9. The number of carbonyl (C=O) groups is 2. The van der Waals surface area contributed by atoms with E-state index in [1.807, 2.05) is 62.4 Å². The molecular formula is C27H22N2O4. The Hall–Kier alpha value is -3.80. The number of nitrogens with zero attached hydrogens (tertiary/aromatic N) is 2. The molecule has 7 rings (SSSR count). The highest BCUT2D eigenvalue weighted by Gasteiger charge is 2.66. The van der Waals surface area contributed by atoms with Crippen LogP contribution in [0.4, 0.5) is 11.4 Å². The average molecular weight is 438 g/mol. The number of carbonyl (C=O) groups excluding carboxylic acids is 2. The Balaban J connectivity index is 1.61. The van der Waals surface area contributed by atoms with Gasteiger partial charge in [-0.3, -0.25) is 19.7 Å². The van der Waals surface area contributed by atoms with E-state index < -0.39 is 22.2 Å². The van der Waals surface area contributed by atoms with Crippen molar-refractivity contribution in [2.24, 2.45) is 11.8 Å². The first-order chi connectivity index (χ1) is 15.8. The first-order valence-electron chi connectivity index (χ1n) is 11.1. The van der Waals surface area contributed by atoms with Gasteiger partial charge in [0.25, 0.3) is 5.69 Å². The summed E-state index contributed by atoms with van der Waals surface area (Å²) in [5.74, 6) is -2.16. The Morgan fingerprint density at radius 2 is 1.42 bits per heavy atom. The molecule has 2 amide bonds. The van der Waals surface area contributed by atoms with Crippen LogP contribution in [0.15, 0.2) is 60.7 Å². The second-order valence-corrected chi connectivity index (χ2v) is 9.55. The molecule has 2 bridgehead atoms. The van der Waals surface area contributed by atoms with E-state index in [9.17, 15) is 19.7 Å². The highest BCUT2D eigenvalue weighted by Crippen LogP contribution is 2.64. The third-order valence-corrected chi connectivity index (χ3v) is 8.07. The van der Waals surface area contributed by atoms with E-state index in [0.717, 1.165) is 38.3 Å². The molecule has 0 aromatic heterocycles. The maximum atomic E-state index is 14.0.